The molecule has 0 aliphatic rings. The van der Waals surface area contributed by atoms with Gasteiger partial charge in [0.2, 0.25) is 0 Å². The molecule has 0 heterocycles. The summed E-state index contributed by atoms with van der Waals surface area (Å²) >= 11 is 0. The first-order valence-electron chi connectivity index (χ1n) is 10.8. The fraction of sp³-hybridized carbons (Fsp3) is 0.222. The topological polar surface area (TPSA) is 65.0 Å². The molecule has 32 heavy (non-hydrogen) atoms. The molecule has 0 unspecified atom stereocenters. The van der Waals surface area contributed by atoms with Gasteiger partial charge in [-0.1, -0.05) is 19.8 Å². The molecule has 5 nitrogen and oxygen atoms in total. The largest absolute Gasteiger partial charge is 0.494 e. The predicted molar refractivity (Wildman–Crippen MR) is 127 cm³/mol. The second kappa shape index (κ2) is 11.6. The van der Waals surface area contributed by atoms with Gasteiger partial charge < -0.3 is 9.47 Å². The van der Waals surface area contributed by atoms with Crippen molar-refractivity contribution in [1.29, 1.82) is 0 Å². The zero-order chi connectivity index (χ0) is 22.8. The number of carbonyl (C=O) groups excluding carboxylic acids is 2. The summed E-state index contributed by atoms with van der Waals surface area (Å²) in [4.78, 5) is 28.1. The summed E-state index contributed by atoms with van der Waals surface area (Å²) in [5, 5.41) is 0. The first kappa shape index (κ1) is 22.9. The Labute approximate surface area is 188 Å². The molecular weight excluding hydrogens is 402 g/mol. The van der Waals surface area contributed by atoms with Crippen molar-refractivity contribution < 1.29 is 19.1 Å². The third-order valence-corrected chi connectivity index (χ3v) is 4.83. The second-order valence-electron chi connectivity index (χ2n) is 7.40. The van der Waals surface area contributed by atoms with Gasteiger partial charge in [-0.15, -0.1) is 0 Å². The maximum atomic E-state index is 12.4. The number of hydrogen-bond acceptors (Lipinski definition) is 5. The number of rotatable bonds is 10. The molecule has 0 amide bonds. The minimum Gasteiger partial charge on any atom is -0.494 e. The minimum atomic E-state index is -0.422. The molecule has 0 aromatic heterocycles. The fourth-order valence-corrected chi connectivity index (χ4v) is 2.95. The van der Waals surface area contributed by atoms with Crippen LogP contribution in [-0.2, 0) is 0 Å². The number of esters is 1. The maximum Gasteiger partial charge on any atom is 0.343 e. The van der Waals surface area contributed by atoms with E-state index >= 15 is 0 Å². The Bertz CT molecular complexity index is 1050. The Balaban J connectivity index is 1.53. The molecule has 0 saturated carbocycles. The van der Waals surface area contributed by atoms with E-state index in [1.54, 1.807) is 66.9 Å². The number of carbonyl (C=O) groups is 2. The zero-order valence-corrected chi connectivity index (χ0v) is 18.4. The van der Waals surface area contributed by atoms with Gasteiger partial charge >= 0.3 is 5.97 Å². The van der Waals surface area contributed by atoms with Crippen LogP contribution in [0.2, 0.25) is 0 Å². The van der Waals surface area contributed by atoms with Crippen molar-refractivity contribution in [2.45, 2.75) is 33.1 Å². The van der Waals surface area contributed by atoms with Crippen LogP contribution in [0, 0.1) is 0 Å². The molecule has 0 aliphatic carbocycles. The minimum absolute atomic E-state index is 0.0253. The number of ketones is 1. The molecule has 0 aliphatic heterocycles. The number of aliphatic imine (C=N–C) groups is 1. The van der Waals surface area contributed by atoms with Crippen LogP contribution in [0.3, 0.4) is 0 Å². The number of benzene rings is 3. The highest BCUT2D eigenvalue weighted by Gasteiger charge is 2.09. The monoisotopic (exact) mass is 429 g/mol. The molecule has 0 radical (unpaired) electrons. The van der Waals surface area contributed by atoms with Gasteiger partial charge in [-0.2, -0.15) is 0 Å². The van der Waals surface area contributed by atoms with Crippen LogP contribution in [0.25, 0.3) is 0 Å². The van der Waals surface area contributed by atoms with E-state index < -0.39 is 5.97 Å². The van der Waals surface area contributed by atoms with E-state index in [-0.39, 0.29) is 5.78 Å². The summed E-state index contributed by atoms with van der Waals surface area (Å²) in [6.07, 6.45) is 5.03. The lowest BCUT2D eigenvalue weighted by molar-refractivity contribution is 0.0734. The summed E-state index contributed by atoms with van der Waals surface area (Å²) in [5.41, 5.74) is 2.74. The lowest BCUT2D eigenvalue weighted by Gasteiger charge is -2.07. The Kier molecular flexibility index (Phi) is 8.32. The number of hydrogen-bond donors (Lipinski definition) is 0. The summed E-state index contributed by atoms with van der Waals surface area (Å²) < 4.78 is 11.1. The van der Waals surface area contributed by atoms with Gasteiger partial charge in [-0.05, 0) is 91.7 Å². The standard InChI is InChI=1S/C27H27NO4/c1-3-4-5-18-31-25-16-10-23(11-17-25)27(30)32-26-14-6-21(7-15-26)19-28-24-12-8-22(9-13-24)20(2)29/h6-17,19H,3-5,18H2,1-2H3. The third-order valence-electron chi connectivity index (χ3n) is 4.83. The van der Waals surface area contributed by atoms with Gasteiger partial charge in [-0.25, -0.2) is 4.79 Å². The van der Waals surface area contributed by atoms with Crippen LogP contribution in [0.1, 0.15) is 59.4 Å². The van der Waals surface area contributed by atoms with Crippen molar-refractivity contribution in [3.63, 3.8) is 0 Å². The fourth-order valence-electron chi connectivity index (χ4n) is 2.95. The second-order valence-corrected chi connectivity index (χ2v) is 7.40. The smallest absolute Gasteiger partial charge is 0.343 e. The Morgan fingerprint density at radius 3 is 2.06 bits per heavy atom. The van der Waals surface area contributed by atoms with Crippen molar-refractivity contribution >= 4 is 23.7 Å². The van der Waals surface area contributed by atoms with Gasteiger partial charge in [0.05, 0.1) is 17.9 Å². The molecule has 5 heteroatoms. The van der Waals surface area contributed by atoms with Crippen molar-refractivity contribution in [2.75, 3.05) is 6.61 Å². The van der Waals surface area contributed by atoms with Crippen LogP contribution >= 0.6 is 0 Å². The molecule has 3 rings (SSSR count). The van der Waals surface area contributed by atoms with E-state index in [0.717, 1.165) is 36.3 Å². The molecule has 0 N–H and O–H groups in total. The quantitative estimate of drug-likeness (QED) is 0.122. The molecule has 0 fully saturated rings. The first-order chi connectivity index (χ1) is 15.5. The highest BCUT2D eigenvalue weighted by Crippen LogP contribution is 2.18. The van der Waals surface area contributed by atoms with Crippen molar-refractivity contribution in [1.82, 2.24) is 0 Å². The Morgan fingerprint density at radius 1 is 0.812 bits per heavy atom. The van der Waals surface area contributed by atoms with Crippen LogP contribution in [0.5, 0.6) is 11.5 Å². The average molecular weight is 430 g/mol. The van der Waals surface area contributed by atoms with Gasteiger partial charge in [0, 0.05) is 11.8 Å². The summed E-state index contributed by atoms with van der Waals surface area (Å²) in [5.74, 6) is 0.807. The SMILES string of the molecule is CCCCCOc1ccc(C(=O)Oc2ccc(C=Nc3ccc(C(C)=O)cc3)cc2)cc1. The van der Waals surface area contributed by atoms with Crippen molar-refractivity contribution in [3.05, 3.63) is 89.5 Å². The average Bonchev–Trinajstić information content (AvgIpc) is 2.82. The van der Waals surface area contributed by atoms with Gasteiger partial charge in [-0.3, -0.25) is 9.79 Å². The number of nitrogens with zero attached hydrogens (tertiary/aromatic N) is 1. The molecule has 0 atom stereocenters. The third kappa shape index (κ3) is 6.91. The molecule has 3 aromatic rings. The zero-order valence-electron chi connectivity index (χ0n) is 18.4. The lowest BCUT2D eigenvalue weighted by atomic mass is 10.1. The summed E-state index contributed by atoms with van der Waals surface area (Å²) in [6.45, 7) is 4.36. The van der Waals surface area contributed by atoms with E-state index in [4.69, 9.17) is 9.47 Å². The molecule has 0 saturated heterocycles. The maximum absolute atomic E-state index is 12.4. The van der Waals surface area contributed by atoms with Crippen molar-refractivity contribution in [3.8, 4) is 11.5 Å². The summed E-state index contributed by atoms with van der Waals surface area (Å²) in [7, 11) is 0. The number of ether oxygens (including phenoxy) is 2. The van der Waals surface area contributed by atoms with Gasteiger partial charge in [0.25, 0.3) is 0 Å². The van der Waals surface area contributed by atoms with E-state index in [2.05, 4.69) is 11.9 Å². The van der Waals surface area contributed by atoms with Crippen molar-refractivity contribution in [2.24, 2.45) is 4.99 Å². The van der Waals surface area contributed by atoms with Gasteiger partial charge in [0.1, 0.15) is 11.5 Å². The molecule has 0 spiro atoms. The van der Waals surface area contributed by atoms with Crippen LogP contribution in [0.4, 0.5) is 5.69 Å². The summed E-state index contributed by atoms with van der Waals surface area (Å²) in [6, 6.07) is 21.2. The number of Topliss-reactive ketones (excluding diaryl/α,β-unsaturated/α-hetero) is 1. The highest BCUT2D eigenvalue weighted by molar-refractivity contribution is 5.94. The highest BCUT2D eigenvalue weighted by atomic mass is 16.5. The van der Waals surface area contributed by atoms with Crippen LogP contribution in [0.15, 0.2) is 77.8 Å². The Morgan fingerprint density at radius 2 is 1.44 bits per heavy atom. The van der Waals surface area contributed by atoms with Crippen LogP contribution < -0.4 is 9.47 Å². The van der Waals surface area contributed by atoms with Crippen LogP contribution in [-0.4, -0.2) is 24.6 Å². The Hall–Kier alpha value is -3.73. The lowest BCUT2D eigenvalue weighted by Crippen LogP contribution is -2.08. The molecule has 3 aromatic carbocycles. The predicted octanol–water partition coefficient (Wildman–Crippen LogP) is 6.43. The van der Waals surface area contributed by atoms with E-state index in [1.807, 2.05) is 12.1 Å². The van der Waals surface area contributed by atoms with Gasteiger partial charge in [0.15, 0.2) is 5.78 Å². The first-order valence-corrected chi connectivity index (χ1v) is 10.8. The normalized spacial score (nSPS) is 10.8. The molecule has 0 bridgehead atoms. The van der Waals surface area contributed by atoms with E-state index in [0.29, 0.717) is 23.5 Å². The molecule has 164 valence electrons. The van der Waals surface area contributed by atoms with E-state index in [9.17, 15) is 9.59 Å². The van der Waals surface area contributed by atoms with E-state index in [1.165, 1.54) is 6.92 Å². The molecular formula is C27H27NO4. The number of unbranched alkanes of at least 4 members (excludes halogenated alkanes) is 2.